The molecule has 0 heterocycles. The average molecular weight is 345 g/mol. The second-order valence-corrected chi connectivity index (χ2v) is 7.32. The van der Waals surface area contributed by atoms with Gasteiger partial charge in [-0.25, -0.2) is 4.79 Å². The van der Waals surface area contributed by atoms with Crippen LogP contribution in [0.1, 0.15) is 54.9 Å². The van der Waals surface area contributed by atoms with E-state index in [1.54, 1.807) is 24.3 Å². The molecule has 2 fully saturated rings. The smallest absolute Gasteiger partial charge is 0.335 e. The number of amides is 1. The van der Waals surface area contributed by atoms with Crippen molar-refractivity contribution in [3.8, 4) is 0 Å². The Bertz CT molecular complexity index is 634. The molecular weight excluding hydrogens is 318 g/mol. The normalized spacial score (nSPS) is 24.1. The van der Waals surface area contributed by atoms with Gasteiger partial charge in [-0.2, -0.15) is 0 Å². The maximum absolute atomic E-state index is 12.7. The lowest BCUT2D eigenvalue weighted by atomic mass is 9.60. The van der Waals surface area contributed by atoms with Crippen molar-refractivity contribution in [2.75, 3.05) is 13.7 Å². The number of hydrogen-bond acceptors (Lipinski definition) is 3. The van der Waals surface area contributed by atoms with Crippen molar-refractivity contribution in [1.29, 1.82) is 0 Å². The molecule has 2 atom stereocenters. The lowest BCUT2D eigenvalue weighted by Gasteiger charge is -2.57. The van der Waals surface area contributed by atoms with E-state index in [0.29, 0.717) is 6.42 Å². The van der Waals surface area contributed by atoms with E-state index in [9.17, 15) is 9.59 Å². The monoisotopic (exact) mass is 345 g/mol. The maximum Gasteiger partial charge on any atom is 0.335 e. The second kappa shape index (κ2) is 7.16. The highest BCUT2D eigenvalue weighted by Crippen LogP contribution is 2.56. The summed E-state index contributed by atoms with van der Waals surface area (Å²) in [5.74, 6) is -0.857. The molecule has 2 saturated carbocycles. The number of likely N-dealkylation sites (N-methyl/N-ethyl adjacent to an activating group) is 1. The summed E-state index contributed by atoms with van der Waals surface area (Å²) in [5.41, 5.74) is 1.24. The topological polar surface area (TPSA) is 66.8 Å². The summed E-state index contributed by atoms with van der Waals surface area (Å²) in [6.07, 6.45) is 6.25. The van der Waals surface area contributed by atoms with Crippen molar-refractivity contribution in [2.24, 2.45) is 5.41 Å². The lowest BCUT2D eigenvalue weighted by Crippen LogP contribution is -2.64. The molecule has 25 heavy (non-hydrogen) atoms. The number of carbonyl (C=O) groups excluding carboxylic acids is 1. The predicted molar refractivity (Wildman–Crippen MR) is 94.6 cm³/mol. The molecule has 1 amide bonds. The number of carbonyl (C=O) groups is 2. The Morgan fingerprint density at radius 2 is 1.88 bits per heavy atom. The average Bonchev–Trinajstić information content (AvgIpc) is 3.11. The van der Waals surface area contributed by atoms with E-state index in [1.807, 2.05) is 18.9 Å². The van der Waals surface area contributed by atoms with E-state index in [2.05, 4.69) is 0 Å². The first-order valence-corrected chi connectivity index (χ1v) is 9.17. The molecule has 1 aromatic carbocycles. The van der Waals surface area contributed by atoms with Gasteiger partial charge >= 0.3 is 5.97 Å². The van der Waals surface area contributed by atoms with Crippen LogP contribution in [0.2, 0.25) is 0 Å². The third-order valence-electron chi connectivity index (χ3n) is 6.06. The molecular formula is C20H27NO4. The van der Waals surface area contributed by atoms with Crippen molar-refractivity contribution >= 4 is 11.9 Å². The van der Waals surface area contributed by atoms with Crippen LogP contribution in [0.15, 0.2) is 24.3 Å². The van der Waals surface area contributed by atoms with E-state index in [0.717, 1.165) is 31.4 Å². The van der Waals surface area contributed by atoms with Crippen LogP contribution in [0, 0.1) is 5.41 Å². The molecule has 136 valence electrons. The van der Waals surface area contributed by atoms with Crippen LogP contribution in [0.5, 0.6) is 0 Å². The molecule has 1 aromatic rings. The molecule has 0 aliphatic heterocycles. The van der Waals surface area contributed by atoms with Crippen LogP contribution in [-0.2, 0) is 16.0 Å². The van der Waals surface area contributed by atoms with Gasteiger partial charge in [-0.1, -0.05) is 25.0 Å². The molecule has 0 saturated heterocycles. The number of nitrogens with zero attached hydrogens (tertiary/aromatic N) is 1. The highest BCUT2D eigenvalue weighted by Gasteiger charge is 2.58. The second-order valence-electron chi connectivity index (χ2n) is 7.32. The molecule has 5 heteroatoms. The molecule has 2 aliphatic carbocycles. The zero-order valence-electron chi connectivity index (χ0n) is 15.0. The zero-order valence-corrected chi connectivity index (χ0v) is 15.0. The number of aromatic carboxylic acids is 1. The lowest BCUT2D eigenvalue weighted by molar-refractivity contribution is -0.172. The number of carboxylic acid groups (broad SMARTS) is 1. The minimum absolute atomic E-state index is 0.0919. The summed E-state index contributed by atoms with van der Waals surface area (Å²) in [4.78, 5) is 25.6. The van der Waals surface area contributed by atoms with Gasteiger partial charge in [-0.3, -0.25) is 4.79 Å². The molecule has 3 rings (SSSR count). The molecule has 5 nitrogen and oxygen atoms in total. The molecule has 0 bridgehead atoms. The number of rotatable bonds is 6. The third kappa shape index (κ3) is 3.30. The number of hydrogen-bond donors (Lipinski definition) is 1. The van der Waals surface area contributed by atoms with E-state index in [4.69, 9.17) is 9.84 Å². The van der Waals surface area contributed by atoms with Gasteiger partial charge in [0, 0.05) is 25.1 Å². The quantitative estimate of drug-likeness (QED) is 0.860. The van der Waals surface area contributed by atoms with E-state index in [-0.39, 0.29) is 29.0 Å². The predicted octanol–water partition coefficient (Wildman–Crippen LogP) is 3.12. The number of ether oxygens (including phenoxy) is 1. The largest absolute Gasteiger partial charge is 0.478 e. The fourth-order valence-electron chi connectivity index (χ4n) is 4.63. The Hall–Kier alpha value is -1.88. The van der Waals surface area contributed by atoms with Crippen LogP contribution in [-0.4, -0.2) is 47.7 Å². The minimum Gasteiger partial charge on any atom is -0.478 e. The van der Waals surface area contributed by atoms with E-state index in [1.165, 1.54) is 12.8 Å². The summed E-state index contributed by atoms with van der Waals surface area (Å²) in [6, 6.07) is 6.82. The summed E-state index contributed by atoms with van der Waals surface area (Å²) in [6.45, 7) is 2.76. The van der Waals surface area contributed by atoms with Crippen LogP contribution in [0.3, 0.4) is 0 Å². The van der Waals surface area contributed by atoms with Gasteiger partial charge in [0.05, 0.1) is 18.1 Å². The van der Waals surface area contributed by atoms with Crippen LogP contribution >= 0.6 is 0 Å². The summed E-state index contributed by atoms with van der Waals surface area (Å²) in [5, 5.41) is 8.96. The zero-order chi connectivity index (χ0) is 18.0. The van der Waals surface area contributed by atoms with Gasteiger partial charge in [0.25, 0.3) is 0 Å². The van der Waals surface area contributed by atoms with E-state index >= 15 is 0 Å². The van der Waals surface area contributed by atoms with Gasteiger partial charge in [-0.15, -0.1) is 0 Å². The molecule has 0 radical (unpaired) electrons. The minimum atomic E-state index is -0.949. The first-order chi connectivity index (χ1) is 12.0. The first-order valence-electron chi connectivity index (χ1n) is 9.17. The number of carboxylic acids is 1. The van der Waals surface area contributed by atoms with Crippen molar-refractivity contribution in [3.05, 3.63) is 35.4 Å². The van der Waals surface area contributed by atoms with Crippen molar-refractivity contribution in [3.63, 3.8) is 0 Å². The van der Waals surface area contributed by atoms with Crippen molar-refractivity contribution < 1.29 is 19.4 Å². The molecule has 2 aliphatic rings. The van der Waals surface area contributed by atoms with Crippen molar-refractivity contribution in [1.82, 2.24) is 4.90 Å². The standard InChI is InChI=1S/C20H27NO4/c1-3-25-17-13-16(20(17)10-4-5-11-20)21(2)18(22)12-14-6-8-15(9-7-14)19(23)24/h6-9,16-17H,3-5,10-13H2,1-2H3,(H,23,24). The molecule has 1 spiro atoms. The highest BCUT2D eigenvalue weighted by atomic mass is 16.5. The summed E-state index contributed by atoms with van der Waals surface area (Å²) in [7, 11) is 1.90. The maximum atomic E-state index is 12.7. The Morgan fingerprint density at radius 3 is 2.44 bits per heavy atom. The SMILES string of the molecule is CCOC1CC(N(C)C(=O)Cc2ccc(C(=O)O)cc2)C12CCCC2. The van der Waals surface area contributed by atoms with Gasteiger partial charge in [0.15, 0.2) is 0 Å². The van der Waals surface area contributed by atoms with Gasteiger partial charge in [0.2, 0.25) is 5.91 Å². The summed E-state index contributed by atoms with van der Waals surface area (Å²) >= 11 is 0. The molecule has 0 aromatic heterocycles. The van der Waals surface area contributed by atoms with Crippen LogP contribution < -0.4 is 0 Å². The fourth-order valence-corrected chi connectivity index (χ4v) is 4.63. The fraction of sp³-hybridized carbons (Fsp3) is 0.600. The van der Waals surface area contributed by atoms with Gasteiger partial charge < -0.3 is 14.7 Å². The third-order valence-corrected chi connectivity index (χ3v) is 6.06. The Balaban J connectivity index is 1.65. The highest BCUT2D eigenvalue weighted by molar-refractivity contribution is 5.87. The van der Waals surface area contributed by atoms with Crippen molar-refractivity contribution in [2.45, 2.75) is 57.6 Å². The van der Waals surface area contributed by atoms with Gasteiger partial charge in [0.1, 0.15) is 0 Å². The van der Waals surface area contributed by atoms with Gasteiger partial charge in [-0.05, 0) is 43.9 Å². The van der Waals surface area contributed by atoms with E-state index < -0.39 is 5.97 Å². The Kier molecular flexibility index (Phi) is 5.13. The molecule has 2 unspecified atom stereocenters. The van der Waals surface area contributed by atoms with Crippen LogP contribution in [0.25, 0.3) is 0 Å². The Morgan fingerprint density at radius 1 is 1.24 bits per heavy atom. The number of benzene rings is 1. The summed E-state index contributed by atoms with van der Waals surface area (Å²) < 4.78 is 5.94. The first kappa shape index (κ1) is 17.9. The molecule has 1 N–H and O–H groups in total. The van der Waals surface area contributed by atoms with Crippen LogP contribution in [0.4, 0.5) is 0 Å². The Labute approximate surface area is 149 Å².